The van der Waals surface area contributed by atoms with Crippen molar-refractivity contribution in [1.29, 1.82) is 0 Å². The second-order valence-corrected chi connectivity index (χ2v) is 7.88. The van der Waals surface area contributed by atoms with E-state index in [2.05, 4.69) is 21.3 Å². The van der Waals surface area contributed by atoms with E-state index in [-0.39, 0.29) is 5.91 Å². The van der Waals surface area contributed by atoms with Crippen molar-refractivity contribution in [2.45, 2.75) is 20.4 Å². The zero-order valence-electron chi connectivity index (χ0n) is 15.9. The fourth-order valence-corrected chi connectivity index (χ4v) is 4.32. The van der Waals surface area contributed by atoms with Crippen LogP contribution in [-0.4, -0.2) is 53.5 Å². The molecule has 1 aliphatic heterocycles. The molecule has 0 atom stereocenters. The monoisotopic (exact) mass is 387 g/mol. The molecule has 1 aliphatic rings. The first kappa shape index (κ1) is 19.5. The second-order valence-electron chi connectivity index (χ2n) is 6.66. The first-order valence-corrected chi connectivity index (χ1v) is 10.1. The highest BCUT2D eigenvalue weighted by Gasteiger charge is 2.22. The minimum absolute atomic E-state index is 0.266. The van der Waals surface area contributed by atoms with Gasteiger partial charge in [0.05, 0.1) is 12.7 Å². The zero-order chi connectivity index (χ0) is 19.4. The number of hydrogen-bond acceptors (Lipinski definition) is 5. The van der Waals surface area contributed by atoms with Gasteiger partial charge in [-0.25, -0.2) is 4.79 Å². The Morgan fingerprint density at radius 2 is 2.00 bits per heavy atom. The van der Waals surface area contributed by atoms with Crippen molar-refractivity contribution < 1.29 is 14.3 Å². The van der Waals surface area contributed by atoms with Gasteiger partial charge in [-0.1, -0.05) is 12.1 Å². The average Bonchev–Trinajstić information content (AvgIpc) is 2.96. The predicted molar refractivity (Wildman–Crippen MR) is 109 cm³/mol. The van der Waals surface area contributed by atoms with Crippen LogP contribution >= 0.6 is 11.8 Å². The Morgan fingerprint density at radius 1 is 1.26 bits per heavy atom. The number of H-pyrrole nitrogens is 1. The minimum Gasteiger partial charge on any atom is -0.465 e. The van der Waals surface area contributed by atoms with Crippen molar-refractivity contribution in [2.75, 3.05) is 37.0 Å². The molecular weight excluding hydrogens is 362 g/mol. The van der Waals surface area contributed by atoms with Gasteiger partial charge in [-0.05, 0) is 37.1 Å². The van der Waals surface area contributed by atoms with E-state index in [1.54, 1.807) is 13.8 Å². The number of aromatic nitrogens is 1. The molecule has 144 valence electrons. The second kappa shape index (κ2) is 8.63. The highest BCUT2D eigenvalue weighted by molar-refractivity contribution is 7.99. The quantitative estimate of drug-likeness (QED) is 0.771. The van der Waals surface area contributed by atoms with Gasteiger partial charge < -0.3 is 15.0 Å². The maximum absolute atomic E-state index is 12.7. The SMILES string of the molecule is COC(=O)c1c(C)[nH]c(C(=O)Nc2cccc(CN3CCSCC3)c2)c1C. The number of amides is 1. The van der Waals surface area contributed by atoms with Gasteiger partial charge in [0.2, 0.25) is 0 Å². The van der Waals surface area contributed by atoms with E-state index < -0.39 is 5.97 Å². The Morgan fingerprint density at radius 3 is 2.70 bits per heavy atom. The molecule has 7 heteroatoms. The molecule has 1 saturated heterocycles. The van der Waals surface area contributed by atoms with Gasteiger partial charge >= 0.3 is 5.97 Å². The van der Waals surface area contributed by atoms with Crippen LogP contribution in [0, 0.1) is 13.8 Å². The number of anilines is 1. The molecule has 0 aliphatic carbocycles. The number of carbonyl (C=O) groups excluding carboxylic acids is 2. The molecule has 3 rings (SSSR count). The van der Waals surface area contributed by atoms with Gasteiger partial charge in [0.25, 0.3) is 5.91 Å². The van der Waals surface area contributed by atoms with Crippen molar-refractivity contribution >= 4 is 29.3 Å². The van der Waals surface area contributed by atoms with Crippen molar-refractivity contribution in [3.63, 3.8) is 0 Å². The van der Waals surface area contributed by atoms with Crippen LogP contribution in [0.3, 0.4) is 0 Å². The molecule has 2 aromatic rings. The average molecular weight is 388 g/mol. The lowest BCUT2D eigenvalue weighted by molar-refractivity contribution is 0.0599. The summed E-state index contributed by atoms with van der Waals surface area (Å²) in [7, 11) is 1.33. The molecule has 27 heavy (non-hydrogen) atoms. The maximum atomic E-state index is 12.7. The summed E-state index contributed by atoms with van der Waals surface area (Å²) in [6.45, 7) is 6.58. The largest absolute Gasteiger partial charge is 0.465 e. The summed E-state index contributed by atoms with van der Waals surface area (Å²) in [4.78, 5) is 30.0. The maximum Gasteiger partial charge on any atom is 0.339 e. The summed E-state index contributed by atoms with van der Waals surface area (Å²) in [6, 6.07) is 7.92. The Balaban J connectivity index is 1.73. The molecule has 2 N–H and O–H groups in total. The first-order chi connectivity index (χ1) is 13.0. The van der Waals surface area contributed by atoms with Gasteiger partial charge in [0.15, 0.2) is 0 Å². The van der Waals surface area contributed by atoms with E-state index in [0.717, 1.165) is 25.3 Å². The fraction of sp³-hybridized carbons (Fsp3) is 0.400. The number of rotatable bonds is 5. The van der Waals surface area contributed by atoms with E-state index in [4.69, 9.17) is 4.74 Å². The number of nitrogens with one attached hydrogen (secondary N) is 2. The van der Waals surface area contributed by atoms with E-state index in [9.17, 15) is 9.59 Å². The van der Waals surface area contributed by atoms with Crippen LogP contribution in [0.25, 0.3) is 0 Å². The van der Waals surface area contributed by atoms with Crippen molar-refractivity contribution in [2.24, 2.45) is 0 Å². The van der Waals surface area contributed by atoms with E-state index in [1.165, 1.54) is 24.2 Å². The van der Waals surface area contributed by atoms with Crippen LogP contribution in [0.5, 0.6) is 0 Å². The normalized spacial score (nSPS) is 14.8. The molecule has 1 amide bonds. The van der Waals surface area contributed by atoms with E-state index in [1.807, 2.05) is 30.0 Å². The zero-order valence-corrected chi connectivity index (χ0v) is 16.7. The molecular formula is C20H25N3O3S. The van der Waals surface area contributed by atoms with Crippen molar-refractivity contribution in [3.05, 3.63) is 52.3 Å². The number of aryl methyl sites for hydroxylation is 1. The highest BCUT2D eigenvalue weighted by Crippen LogP contribution is 2.21. The molecule has 1 fully saturated rings. The predicted octanol–water partition coefficient (Wildman–Crippen LogP) is 3.22. The smallest absolute Gasteiger partial charge is 0.339 e. The van der Waals surface area contributed by atoms with Crippen LogP contribution in [0.4, 0.5) is 5.69 Å². The lowest BCUT2D eigenvalue weighted by atomic mass is 10.1. The highest BCUT2D eigenvalue weighted by atomic mass is 32.2. The minimum atomic E-state index is -0.443. The lowest BCUT2D eigenvalue weighted by Gasteiger charge is -2.26. The fourth-order valence-electron chi connectivity index (χ4n) is 3.34. The number of esters is 1. The summed E-state index contributed by atoms with van der Waals surface area (Å²) in [5.41, 5.74) is 3.94. The number of hydrogen-bond donors (Lipinski definition) is 2. The molecule has 2 heterocycles. The van der Waals surface area contributed by atoms with Gasteiger partial charge in [0, 0.05) is 42.5 Å². The topological polar surface area (TPSA) is 74.4 Å². The van der Waals surface area contributed by atoms with Gasteiger partial charge in [-0.15, -0.1) is 0 Å². The third-order valence-corrected chi connectivity index (χ3v) is 5.69. The summed E-state index contributed by atoms with van der Waals surface area (Å²) in [6.07, 6.45) is 0. The molecule has 0 bridgehead atoms. The summed E-state index contributed by atoms with van der Waals surface area (Å²) in [5.74, 6) is 1.63. The Bertz CT molecular complexity index is 841. The van der Waals surface area contributed by atoms with Crippen LogP contribution in [0.15, 0.2) is 24.3 Å². The van der Waals surface area contributed by atoms with Crippen LogP contribution in [-0.2, 0) is 11.3 Å². The summed E-state index contributed by atoms with van der Waals surface area (Å²) >= 11 is 1.99. The van der Waals surface area contributed by atoms with Gasteiger partial charge in [0.1, 0.15) is 5.69 Å². The van der Waals surface area contributed by atoms with Gasteiger partial charge in [-0.3, -0.25) is 9.69 Å². The van der Waals surface area contributed by atoms with Crippen molar-refractivity contribution in [1.82, 2.24) is 9.88 Å². The third-order valence-electron chi connectivity index (χ3n) is 4.75. The van der Waals surface area contributed by atoms with Gasteiger partial charge in [-0.2, -0.15) is 11.8 Å². The van der Waals surface area contributed by atoms with Crippen molar-refractivity contribution in [3.8, 4) is 0 Å². The van der Waals surface area contributed by atoms with Crippen LogP contribution in [0.1, 0.15) is 37.7 Å². The number of aromatic amines is 1. The number of carbonyl (C=O) groups is 2. The standard InChI is InChI=1S/C20H25N3O3S/c1-13-17(20(25)26-3)14(2)21-18(13)19(24)22-16-6-4-5-15(11-16)12-23-7-9-27-10-8-23/h4-6,11,21H,7-10,12H2,1-3H3,(H,22,24). The molecule has 0 spiro atoms. The summed E-state index contributed by atoms with van der Waals surface area (Å²) in [5, 5.41) is 2.93. The van der Waals surface area contributed by atoms with Crippen LogP contribution < -0.4 is 5.32 Å². The number of methoxy groups -OCH3 is 1. The van der Waals surface area contributed by atoms with Crippen LogP contribution in [0.2, 0.25) is 0 Å². The molecule has 1 aromatic heterocycles. The molecule has 0 saturated carbocycles. The number of ether oxygens (including phenoxy) is 1. The molecule has 1 aromatic carbocycles. The molecule has 0 unspecified atom stereocenters. The number of nitrogens with zero attached hydrogens (tertiary/aromatic N) is 1. The lowest BCUT2D eigenvalue weighted by Crippen LogP contribution is -2.31. The Hall–Kier alpha value is -2.25. The Kier molecular flexibility index (Phi) is 6.23. The first-order valence-electron chi connectivity index (χ1n) is 8.97. The number of thioether (sulfide) groups is 1. The van der Waals surface area contributed by atoms with E-state index in [0.29, 0.717) is 22.5 Å². The summed E-state index contributed by atoms with van der Waals surface area (Å²) < 4.78 is 4.80. The Labute approximate surface area is 163 Å². The number of benzene rings is 1. The third kappa shape index (κ3) is 4.54. The molecule has 0 radical (unpaired) electrons. The molecule has 6 nitrogen and oxygen atoms in total. The van der Waals surface area contributed by atoms with E-state index >= 15 is 0 Å².